The van der Waals surface area contributed by atoms with Crippen molar-refractivity contribution in [3.63, 3.8) is 0 Å². The Bertz CT molecular complexity index is 1380. The lowest BCUT2D eigenvalue weighted by Crippen LogP contribution is -2.20. The monoisotopic (exact) mass is 509 g/mol. The molecule has 0 radical (unpaired) electrons. The van der Waals surface area contributed by atoms with Crippen LogP contribution in [0, 0.1) is 18.3 Å². The van der Waals surface area contributed by atoms with Gasteiger partial charge < -0.3 is 20.1 Å². The van der Waals surface area contributed by atoms with Crippen molar-refractivity contribution in [1.29, 1.82) is 5.26 Å². The molecule has 0 atom stereocenters. The van der Waals surface area contributed by atoms with Gasteiger partial charge in [-0.1, -0.05) is 24.3 Å². The van der Waals surface area contributed by atoms with E-state index in [0.29, 0.717) is 11.3 Å². The van der Waals surface area contributed by atoms with Crippen LogP contribution in [0.3, 0.4) is 0 Å². The minimum absolute atomic E-state index is 0.105. The molecule has 0 aromatic heterocycles. The second kappa shape index (κ2) is 11.8. The first-order valence-corrected chi connectivity index (χ1v) is 10.9. The van der Waals surface area contributed by atoms with Gasteiger partial charge in [0, 0.05) is 11.4 Å². The van der Waals surface area contributed by atoms with Crippen molar-refractivity contribution in [1.82, 2.24) is 0 Å². The number of rotatable bonds is 8. The fourth-order valence-corrected chi connectivity index (χ4v) is 3.24. The number of aryl methyl sites for hydroxylation is 1. The summed E-state index contributed by atoms with van der Waals surface area (Å²) in [5.41, 5.74) is 0.638. The Balaban J connectivity index is 1.69. The summed E-state index contributed by atoms with van der Waals surface area (Å²) < 4.78 is 49.6. The molecule has 2 amide bonds. The summed E-state index contributed by atoms with van der Waals surface area (Å²) in [7, 11) is 1.38. The van der Waals surface area contributed by atoms with E-state index in [1.165, 1.54) is 37.5 Å². The molecule has 3 aromatic carbocycles. The average molecular weight is 509 g/mol. The summed E-state index contributed by atoms with van der Waals surface area (Å²) in [6, 6.07) is 17.6. The van der Waals surface area contributed by atoms with Gasteiger partial charge in [-0.2, -0.15) is 18.4 Å². The fraction of sp³-hybridized carbons (Fsp3) is 0.148. The smallest absolute Gasteiger partial charge is 0.416 e. The van der Waals surface area contributed by atoms with Gasteiger partial charge in [-0.05, 0) is 66.6 Å². The number of nitrogens with zero attached hydrogens (tertiary/aromatic N) is 1. The minimum Gasteiger partial charge on any atom is -0.493 e. The molecule has 2 N–H and O–H groups in total. The summed E-state index contributed by atoms with van der Waals surface area (Å²) >= 11 is 0. The Morgan fingerprint density at radius 3 is 2.32 bits per heavy atom. The third-order valence-corrected chi connectivity index (χ3v) is 4.97. The van der Waals surface area contributed by atoms with Crippen LogP contribution in [0.4, 0.5) is 24.5 Å². The van der Waals surface area contributed by atoms with Crippen LogP contribution in [0.25, 0.3) is 6.08 Å². The molecule has 3 aromatic rings. The quantitative estimate of drug-likeness (QED) is 0.305. The molecular formula is C27H22F3N3O4. The second-order valence-corrected chi connectivity index (χ2v) is 7.82. The normalized spacial score (nSPS) is 11.3. The Morgan fingerprint density at radius 1 is 0.973 bits per heavy atom. The highest BCUT2D eigenvalue weighted by molar-refractivity contribution is 6.09. The molecule has 0 unspecified atom stereocenters. The molecule has 3 rings (SSSR count). The van der Waals surface area contributed by atoms with E-state index in [0.717, 1.165) is 23.8 Å². The van der Waals surface area contributed by atoms with Crippen molar-refractivity contribution < 1.29 is 32.2 Å². The van der Waals surface area contributed by atoms with E-state index in [9.17, 15) is 28.0 Å². The highest BCUT2D eigenvalue weighted by Gasteiger charge is 2.30. The molecule has 0 aliphatic rings. The van der Waals surface area contributed by atoms with Gasteiger partial charge in [-0.25, -0.2) is 0 Å². The molecule has 0 aliphatic carbocycles. The standard InChI is InChI=1S/C27H22F3N3O4/c1-17-5-3-7-21(11-17)32-25(34)16-37-23-10-9-18(13-24(23)36-2)12-19(15-31)26(35)33-22-8-4-6-20(14-22)27(28,29)30/h3-14H,16H2,1-2H3,(H,32,34)(H,33,35)/b19-12-. The van der Waals surface area contributed by atoms with Gasteiger partial charge in [0.1, 0.15) is 11.6 Å². The minimum atomic E-state index is -4.57. The van der Waals surface area contributed by atoms with Crippen molar-refractivity contribution in [2.75, 3.05) is 24.4 Å². The number of nitriles is 1. The van der Waals surface area contributed by atoms with E-state index in [2.05, 4.69) is 10.6 Å². The number of alkyl halides is 3. The number of halogens is 3. The molecule has 0 saturated carbocycles. The first-order chi connectivity index (χ1) is 17.6. The Labute approximate surface area is 211 Å². The van der Waals surface area contributed by atoms with Gasteiger partial charge in [0.25, 0.3) is 11.8 Å². The van der Waals surface area contributed by atoms with Crippen molar-refractivity contribution in [3.05, 3.63) is 89.0 Å². The maximum absolute atomic E-state index is 12.9. The van der Waals surface area contributed by atoms with Crippen LogP contribution in [-0.2, 0) is 15.8 Å². The van der Waals surface area contributed by atoms with E-state index in [-0.39, 0.29) is 35.3 Å². The van der Waals surface area contributed by atoms with Crippen LogP contribution in [0.1, 0.15) is 16.7 Å². The number of carbonyl (C=O) groups is 2. The van der Waals surface area contributed by atoms with Gasteiger partial charge in [0.05, 0.1) is 12.7 Å². The first kappa shape index (κ1) is 26.8. The number of nitrogens with one attached hydrogen (secondary N) is 2. The van der Waals surface area contributed by atoms with Gasteiger partial charge in [0.15, 0.2) is 18.1 Å². The molecule has 190 valence electrons. The van der Waals surface area contributed by atoms with Crippen LogP contribution in [-0.4, -0.2) is 25.5 Å². The average Bonchev–Trinajstić information content (AvgIpc) is 2.85. The van der Waals surface area contributed by atoms with Crippen LogP contribution < -0.4 is 20.1 Å². The number of carbonyl (C=O) groups excluding carboxylic acids is 2. The van der Waals surface area contributed by atoms with Gasteiger partial charge in [-0.3, -0.25) is 9.59 Å². The Morgan fingerprint density at radius 2 is 1.68 bits per heavy atom. The highest BCUT2D eigenvalue weighted by Crippen LogP contribution is 2.31. The lowest BCUT2D eigenvalue weighted by Gasteiger charge is -2.12. The molecule has 7 nitrogen and oxygen atoms in total. The third-order valence-electron chi connectivity index (χ3n) is 4.97. The molecule has 10 heteroatoms. The third kappa shape index (κ3) is 7.60. The van der Waals surface area contributed by atoms with E-state index >= 15 is 0 Å². The number of amides is 2. The summed E-state index contributed by atoms with van der Waals surface area (Å²) in [5, 5.41) is 14.4. The number of ether oxygens (including phenoxy) is 2. The van der Waals surface area contributed by atoms with Crippen molar-refractivity contribution in [2.45, 2.75) is 13.1 Å². The van der Waals surface area contributed by atoms with Crippen molar-refractivity contribution in [3.8, 4) is 17.6 Å². The summed E-state index contributed by atoms with van der Waals surface area (Å²) in [6.45, 7) is 1.61. The number of benzene rings is 3. The molecule has 0 bridgehead atoms. The number of methoxy groups -OCH3 is 1. The molecular weight excluding hydrogens is 487 g/mol. The predicted octanol–water partition coefficient (Wildman–Crippen LogP) is 5.59. The van der Waals surface area contributed by atoms with E-state index in [4.69, 9.17) is 9.47 Å². The lowest BCUT2D eigenvalue weighted by molar-refractivity contribution is -0.137. The number of hydrogen-bond acceptors (Lipinski definition) is 5. The molecule has 37 heavy (non-hydrogen) atoms. The maximum atomic E-state index is 12.9. The van der Waals surface area contributed by atoms with Crippen molar-refractivity contribution >= 4 is 29.3 Å². The zero-order chi connectivity index (χ0) is 27.0. The highest BCUT2D eigenvalue weighted by atomic mass is 19.4. The molecule has 0 heterocycles. The summed E-state index contributed by atoms with van der Waals surface area (Å²) in [4.78, 5) is 24.7. The zero-order valence-corrected chi connectivity index (χ0v) is 19.8. The van der Waals surface area contributed by atoms with E-state index in [1.54, 1.807) is 12.1 Å². The Hall–Kier alpha value is -4.78. The fourth-order valence-electron chi connectivity index (χ4n) is 3.24. The second-order valence-electron chi connectivity index (χ2n) is 7.82. The summed E-state index contributed by atoms with van der Waals surface area (Å²) in [5.74, 6) is -0.762. The molecule has 0 fully saturated rings. The SMILES string of the molecule is COc1cc(/C=C(/C#N)C(=O)Nc2cccc(C(F)(F)F)c2)ccc1OCC(=O)Nc1cccc(C)c1. The van der Waals surface area contributed by atoms with Gasteiger partial charge in [0.2, 0.25) is 0 Å². The van der Waals surface area contributed by atoms with E-state index < -0.39 is 17.6 Å². The first-order valence-electron chi connectivity index (χ1n) is 10.9. The van der Waals surface area contributed by atoms with Crippen LogP contribution in [0.2, 0.25) is 0 Å². The van der Waals surface area contributed by atoms with Crippen molar-refractivity contribution in [2.24, 2.45) is 0 Å². The predicted molar refractivity (Wildman–Crippen MR) is 132 cm³/mol. The molecule has 0 aliphatic heterocycles. The molecule has 0 spiro atoms. The van der Waals surface area contributed by atoms with Crippen LogP contribution >= 0.6 is 0 Å². The Kier molecular flexibility index (Phi) is 8.53. The topological polar surface area (TPSA) is 100 Å². The largest absolute Gasteiger partial charge is 0.493 e. The van der Waals surface area contributed by atoms with Gasteiger partial charge >= 0.3 is 6.18 Å². The van der Waals surface area contributed by atoms with E-state index in [1.807, 2.05) is 25.1 Å². The van der Waals surface area contributed by atoms with Gasteiger partial charge in [-0.15, -0.1) is 0 Å². The number of anilines is 2. The summed E-state index contributed by atoms with van der Waals surface area (Å²) in [6.07, 6.45) is -3.32. The zero-order valence-electron chi connectivity index (χ0n) is 19.8. The van der Waals surface area contributed by atoms with Crippen LogP contribution in [0.15, 0.2) is 72.3 Å². The maximum Gasteiger partial charge on any atom is 0.416 e. The van der Waals surface area contributed by atoms with Crippen LogP contribution in [0.5, 0.6) is 11.5 Å². The lowest BCUT2D eigenvalue weighted by atomic mass is 10.1. The number of hydrogen-bond donors (Lipinski definition) is 2. The molecule has 0 saturated heterocycles.